The number of ketones is 5. The highest BCUT2D eigenvalue weighted by molar-refractivity contribution is 6.63. The highest BCUT2D eigenvalue weighted by Crippen LogP contribution is 2.28. The zero-order chi connectivity index (χ0) is 86.2. The van der Waals surface area contributed by atoms with Gasteiger partial charge in [-0.3, -0.25) is 57.1 Å². The molecule has 0 aromatic heterocycles. The van der Waals surface area contributed by atoms with Gasteiger partial charge in [0.1, 0.15) is 35.3 Å². The number of carbonyl (C=O) groups excluding carboxylic acids is 13. The van der Waals surface area contributed by atoms with Gasteiger partial charge in [0.05, 0.1) is 27.0 Å². The molecule has 0 atom stereocenters. The van der Waals surface area contributed by atoms with Gasteiger partial charge in [-0.15, -0.1) is 0 Å². The summed E-state index contributed by atoms with van der Waals surface area (Å²) in [7, 11) is 8.92. The number of allylic oxidation sites excluding steroid dienone is 7. The lowest BCUT2D eigenvalue weighted by atomic mass is 9.91. The summed E-state index contributed by atoms with van der Waals surface area (Å²) < 4.78 is 49.0. The first-order valence-corrected chi connectivity index (χ1v) is 35.8. The third kappa shape index (κ3) is 35.6. The van der Waals surface area contributed by atoms with Crippen molar-refractivity contribution >= 4 is 110 Å². The molecule has 0 radical (unpaired) electrons. The van der Waals surface area contributed by atoms with Gasteiger partial charge in [0, 0.05) is 106 Å². The third-order valence-corrected chi connectivity index (χ3v) is 14.9. The van der Waals surface area contributed by atoms with Crippen LogP contribution in [0.15, 0.2) is 235 Å². The summed E-state index contributed by atoms with van der Waals surface area (Å²) in [5, 5.41) is 8.54. The van der Waals surface area contributed by atoms with Crippen molar-refractivity contribution in [2.45, 2.75) is 112 Å². The van der Waals surface area contributed by atoms with Crippen LogP contribution in [-0.4, -0.2) is 164 Å². The quantitative estimate of drug-likeness (QED) is 0.0165. The number of carboxylic acids is 1. The van der Waals surface area contributed by atoms with Gasteiger partial charge < -0.3 is 48.1 Å². The molecule has 0 unspecified atom stereocenters. The van der Waals surface area contributed by atoms with Gasteiger partial charge in [0.25, 0.3) is 11.6 Å². The minimum atomic E-state index is -1.48. The summed E-state index contributed by atoms with van der Waals surface area (Å²) >= 11 is 5.17. The van der Waals surface area contributed by atoms with Crippen molar-refractivity contribution in [3.05, 3.63) is 269 Å². The molecule has 2 aliphatic heterocycles. The number of nitrogens with zero attached hydrogens (tertiary/aromatic N) is 2. The lowest BCUT2D eigenvalue weighted by molar-refractivity contribution is -0.239. The smallest absolute Gasteiger partial charge is 0.343 e. The number of carbonyl (C=O) groups is 14. The summed E-state index contributed by atoms with van der Waals surface area (Å²) in [4.78, 5) is 164. The normalized spacial score (nSPS) is 14.3. The number of ether oxygens (including phenoxy) is 7. The molecule has 6 aromatic rings. The molecule has 0 saturated carbocycles. The molecule has 24 nitrogen and oxygen atoms in total. The molecule has 26 heteroatoms. The average molecular weight is 1590 g/mol. The van der Waals surface area contributed by atoms with Crippen molar-refractivity contribution in [2.24, 2.45) is 5.92 Å². The first-order chi connectivity index (χ1) is 54.7. The Morgan fingerprint density at radius 3 is 1.29 bits per heavy atom. The Bertz CT molecular complexity index is 4410. The summed E-state index contributed by atoms with van der Waals surface area (Å²) in [5.41, 5.74) is 6.45. The number of aliphatic carboxylic acids is 1. The molecule has 0 bridgehead atoms. The van der Waals surface area contributed by atoms with Gasteiger partial charge >= 0.3 is 47.8 Å². The maximum absolute atomic E-state index is 12.9. The van der Waals surface area contributed by atoms with Crippen molar-refractivity contribution < 1.29 is 111 Å². The van der Waals surface area contributed by atoms with E-state index in [1.165, 1.54) is 47.4 Å². The number of rotatable bonds is 22. The van der Waals surface area contributed by atoms with Crippen molar-refractivity contribution in [2.75, 3.05) is 55.2 Å². The van der Waals surface area contributed by atoms with E-state index in [1.807, 2.05) is 166 Å². The lowest BCUT2D eigenvalue weighted by Gasteiger charge is -2.32. The number of hydrogen-bond acceptors (Lipinski definition) is 23. The van der Waals surface area contributed by atoms with E-state index in [9.17, 15) is 71.5 Å². The van der Waals surface area contributed by atoms with Crippen LogP contribution in [0.1, 0.15) is 116 Å². The summed E-state index contributed by atoms with van der Waals surface area (Å²) in [5.74, 6) is -11.0. The van der Waals surface area contributed by atoms with E-state index in [2.05, 4.69) is 9.47 Å². The van der Waals surface area contributed by atoms with E-state index >= 15 is 0 Å². The monoisotopic (exact) mass is 1590 g/mol. The Morgan fingerprint density at radius 2 is 0.895 bits per heavy atom. The van der Waals surface area contributed by atoms with E-state index in [1.54, 1.807) is 99.4 Å². The molecule has 2 saturated heterocycles. The van der Waals surface area contributed by atoms with E-state index in [-0.39, 0.29) is 71.8 Å². The van der Waals surface area contributed by atoms with Crippen LogP contribution in [0.5, 0.6) is 0 Å². The van der Waals surface area contributed by atoms with Crippen molar-refractivity contribution in [3.63, 3.8) is 0 Å². The van der Waals surface area contributed by atoms with Gasteiger partial charge in [0.15, 0.2) is 17.3 Å². The molecule has 606 valence electrons. The fourth-order valence-corrected chi connectivity index (χ4v) is 10.3. The number of benzene rings is 6. The lowest BCUT2D eigenvalue weighted by Crippen LogP contribution is -2.49. The molecule has 0 amide bonds. The van der Waals surface area contributed by atoms with Crippen LogP contribution in [-0.2, 0) is 120 Å². The van der Waals surface area contributed by atoms with Crippen LogP contribution in [0.4, 0.5) is 4.39 Å². The first kappa shape index (κ1) is 95.6. The Balaban J connectivity index is 0.000000458. The highest BCUT2D eigenvalue weighted by Gasteiger charge is 2.47. The average Bonchev–Trinajstić information content (AvgIpc) is 0.801. The fourth-order valence-electron chi connectivity index (χ4n) is 10.2. The molecule has 2 heterocycles. The Hall–Kier alpha value is -12.6. The third-order valence-electron chi connectivity index (χ3n) is 14.8. The number of cyclic esters (lactones) is 4. The first-order valence-electron chi connectivity index (χ1n) is 36.4. The van der Waals surface area contributed by atoms with Crippen molar-refractivity contribution in [1.29, 1.82) is 0 Å². The van der Waals surface area contributed by atoms with Crippen molar-refractivity contribution in [1.82, 2.24) is 9.80 Å². The largest absolute Gasteiger partial charge is 0.478 e. The second kappa shape index (κ2) is 51.0. The topological polar surface area (TPSA) is 330 Å². The second-order valence-electron chi connectivity index (χ2n) is 25.3. The second-order valence-corrected chi connectivity index (χ2v) is 25.7. The van der Waals surface area contributed by atoms with Crippen LogP contribution < -0.4 is 0 Å². The van der Waals surface area contributed by atoms with Crippen molar-refractivity contribution in [3.8, 4) is 0 Å². The predicted molar refractivity (Wildman–Crippen MR) is 427 cm³/mol. The van der Waals surface area contributed by atoms with Crippen LogP contribution in [0.2, 0.25) is 0 Å². The summed E-state index contributed by atoms with van der Waals surface area (Å²) in [6.07, 6.45) is 11.1. The standard InChI is InChI=1S/C18H24N2O3.C15H14O3.C14H14O5.C13H10O3.C12H14O3.C8H7ClO.C6H8O4.CH3F.CH4/c1-6-23-18(22)16(13-20(4)5)17(21)15(12-19(2)3)14-10-8-7-9-11-14;1-2-18-15(17)13-10-6-9-12(14(13)16)11-7-4-3-5-8-11;1-14(2)18-12(16)11(13(17)19-14)10(15)8-9-6-4-3-5-7-9;14-12-10(9-5-2-1-3-6-9)7-4-8-11(12)13(15)16;1-2-15-12(14)9-11(13)8-10-6-4-3-5-7-10;9-8(10)6-7-4-2-1-3-5-7;1-6(2)9-4(7)3-5(8)10-6;1-2;/h7-13H,6H2,1-5H3;3-5,7-10H,2,6H2,1H3;3-7,11H,8H2,1-2H3;1-3,5-8H,4H2,(H,15,16);3-7H,2,8-9H2,1H3;1-5H,6H2;3H2,1-2H3;1H3;1H4/b15-12+,16-13-;;;;;;;;/i;;;;;;;;1D. The van der Waals surface area contributed by atoms with E-state index in [0.29, 0.717) is 56.2 Å². The Labute approximate surface area is 670 Å². The number of carboxylic acid groups (broad SMARTS) is 1. The van der Waals surface area contributed by atoms with E-state index < -0.39 is 76.8 Å². The van der Waals surface area contributed by atoms with Crippen LogP contribution >= 0.6 is 11.6 Å². The molecule has 1 N–H and O–H groups in total. The van der Waals surface area contributed by atoms with Crippen LogP contribution in [0.25, 0.3) is 16.7 Å². The number of Topliss-reactive ketones (excluding diaryl/α,β-unsaturated/α-hetero) is 5. The predicted octanol–water partition coefficient (Wildman–Crippen LogP) is 13.2. The van der Waals surface area contributed by atoms with Crippen LogP contribution in [0.3, 0.4) is 0 Å². The Morgan fingerprint density at radius 1 is 0.518 bits per heavy atom. The zero-order valence-electron chi connectivity index (χ0n) is 67.1. The minimum Gasteiger partial charge on any atom is -0.478 e. The molecule has 2 fully saturated rings. The molecular weight excluding hydrogens is 1490 g/mol. The highest BCUT2D eigenvalue weighted by atomic mass is 35.5. The maximum Gasteiger partial charge on any atom is 0.343 e. The zero-order valence-corrected chi connectivity index (χ0v) is 66.9. The number of esters is 7. The maximum atomic E-state index is 12.9. The van der Waals surface area contributed by atoms with E-state index in [0.717, 1.165) is 33.4 Å². The molecular formula is C88H98ClFN2O22. The SMILES string of the molecule is CC1(C)OC(=O)C(C(=O)Cc2ccccc2)C(=O)O1.CC1(C)OC(=O)CC(=O)O1.CCOC(=O)/C(=C\N(C)C)C(=O)/C(=C/N(C)C)c1ccccc1.CCOC(=O)C1=CCC=C(c2ccccc2)C1=O.CCOC(=O)CC(=O)Cc1ccccc1.CF.O=C(Cl)Cc1ccccc1.O=C(O)C1=CCC=C(c2ccccc2)C1=O.[2H]C. The Kier molecular flexibility index (Phi) is 42.8. The summed E-state index contributed by atoms with van der Waals surface area (Å²) in [6, 6.07) is 55.4. The van der Waals surface area contributed by atoms with Gasteiger partial charge in [-0.2, -0.15) is 0 Å². The van der Waals surface area contributed by atoms with Gasteiger partial charge in [0.2, 0.25) is 16.9 Å². The van der Waals surface area contributed by atoms with Gasteiger partial charge in [-0.25, -0.2) is 14.4 Å². The molecule has 114 heavy (non-hydrogen) atoms. The molecule has 10 rings (SSSR count). The molecule has 0 spiro atoms. The van der Waals surface area contributed by atoms with E-state index in [4.69, 9.17) is 41.8 Å². The van der Waals surface area contributed by atoms with Gasteiger partial charge in [-0.1, -0.05) is 214 Å². The number of hydrogen-bond donors (Lipinski definition) is 1. The van der Waals surface area contributed by atoms with Gasteiger partial charge in [-0.05, 0) is 78.6 Å². The molecule has 6 aromatic carbocycles. The fraction of sp³-hybridized carbons (Fsp3) is 0.295. The number of halogens is 2. The molecule has 4 aliphatic rings. The molecule has 2 aliphatic carbocycles. The summed E-state index contributed by atoms with van der Waals surface area (Å²) in [6.45, 7) is 11.9. The van der Waals surface area contributed by atoms with Crippen LogP contribution in [0, 0.1) is 5.92 Å². The number of alkyl halides is 1. The minimum absolute atomic E-state index is 0.00383.